The van der Waals surface area contributed by atoms with Crippen molar-refractivity contribution in [3.05, 3.63) is 64.8 Å². The molecule has 1 spiro atoms. The molecule has 4 heterocycles. The number of carbonyl (C=O) groups excluding carboxylic acids is 2. The molecule has 9 heteroatoms. The molecule has 1 aromatic heterocycles. The fraction of sp³-hybridized carbons (Fsp3) is 0.400. The Bertz CT molecular complexity index is 1570. The van der Waals surface area contributed by atoms with Crippen LogP contribution in [0.3, 0.4) is 0 Å². The average Bonchev–Trinajstić information content (AvgIpc) is 3.65. The van der Waals surface area contributed by atoms with Gasteiger partial charge in [-0.05, 0) is 60.7 Å². The van der Waals surface area contributed by atoms with Gasteiger partial charge in [-0.1, -0.05) is 12.1 Å². The number of hydrogen-bond donors (Lipinski definition) is 0. The van der Waals surface area contributed by atoms with Crippen LogP contribution in [0.25, 0.3) is 10.9 Å². The van der Waals surface area contributed by atoms with Crippen LogP contribution >= 0.6 is 0 Å². The highest BCUT2D eigenvalue weighted by molar-refractivity contribution is 6.07. The number of piperidine rings is 1. The van der Waals surface area contributed by atoms with Gasteiger partial charge in [0.1, 0.15) is 29.3 Å². The summed E-state index contributed by atoms with van der Waals surface area (Å²) in [5.74, 6) is 1.73. The highest BCUT2D eigenvalue weighted by Crippen LogP contribution is 2.44. The smallest absolute Gasteiger partial charge is 0.272 e. The van der Waals surface area contributed by atoms with E-state index in [0.717, 1.165) is 35.0 Å². The molecule has 1 saturated carbocycles. The minimum Gasteiger partial charge on any atom is -0.493 e. The quantitative estimate of drug-likeness (QED) is 0.450. The van der Waals surface area contributed by atoms with Gasteiger partial charge < -0.3 is 14.4 Å². The molecule has 7 rings (SSSR count). The number of aromatic nitrogens is 1. The molecular weight excluding hydrogens is 494 g/mol. The second kappa shape index (κ2) is 9.25. The molecule has 0 N–H and O–H groups in total. The van der Waals surface area contributed by atoms with Gasteiger partial charge in [-0.3, -0.25) is 9.59 Å². The van der Waals surface area contributed by atoms with Crippen LogP contribution in [0, 0.1) is 0 Å². The van der Waals surface area contributed by atoms with Crippen molar-refractivity contribution in [2.75, 3.05) is 26.2 Å². The first-order valence-electron chi connectivity index (χ1n) is 13.7. The number of ketones is 1. The van der Waals surface area contributed by atoms with Crippen LogP contribution in [0.1, 0.15) is 76.9 Å². The van der Waals surface area contributed by atoms with Crippen molar-refractivity contribution in [2.45, 2.75) is 50.5 Å². The summed E-state index contributed by atoms with van der Waals surface area (Å²) in [7, 11) is 0. The predicted octanol–water partition coefficient (Wildman–Crippen LogP) is 5.32. The first-order chi connectivity index (χ1) is 19.0. The molecule has 9 nitrogen and oxygen atoms in total. The monoisotopic (exact) mass is 523 g/mol. The third kappa shape index (κ3) is 4.26. The van der Waals surface area contributed by atoms with E-state index in [-0.39, 0.29) is 11.7 Å². The number of rotatable bonds is 5. The number of amides is 1. The van der Waals surface area contributed by atoms with E-state index in [0.29, 0.717) is 74.2 Å². The minimum atomic E-state index is -0.607. The van der Waals surface area contributed by atoms with Crippen molar-refractivity contribution in [3.8, 4) is 11.5 Å². The van der Waals surface area contributed by atoms with Crippen molar-refractivity contribution in [2.24, 2.45) is 15.4 Å². The van der Waals surface area contributed by atoms with E-state index >= 15 is 0 Å². The summed E-state index contributed by atoms with van der Waals surface area (Å²) in [4.78, 5) is 33.6. The largest absolute Gasteiger partial charge is 0.493 e. The zero-order chi connectivity index (χ0) is 26.6. The van der Waals surface area contributed by atoms with Gasteiger partial charge >= 0.3 is 0 Å². The topological polar surface area (TPSA) is 106 Å². The highest BCUT2D eigenvalue weighted by atomic mass is 16.5. The van der Waals surface area contributed by atoms with Crippen molar-refractivity contribution >= 4 is 28.3 Å². The van der Waals surface area contributed by atoms with E-state index in [4.69, 9.17) is 14.5 Å². The highest BCUT2D eigenvalue weighted by Gasteiger charge is 2.44. The Labute approximate surface area is 225 Å². The van der Waals surface area contributed by atoms with E-state index in [2.05, 4.69) is 21.5 Å². The summed E-state index contributed by atoms with van der Waals surface area (Å²) in [5.41, 5.74) is 4.02. The van der Waals surface area contributed by atoms with Gasteiger partial charge in [0.15, 0.2) is 5.78 Å². The first kappa shape index (κ1) is 23.9. The summed E-state index contributed by atoms with van der Waals surface area (Å²) in [5, 5.41) is 12.6. The second-order valence-electron chi connectivity index (χ2n) is 10.8. The molecule has 198 valence electrons. The summed E-state index contributed by atoms with van der Waals surface area (Å²) in [6.45, 7) is 3.86. The van der Waals surface area contributed by atoms with Crippen LogP contribution in [-0.2, 0) is 0 Å². The number of hydrogen-bond acceptors (Lipinski definition) is 8. The fourth-order valence-electron chi connectivity index (χ4n) is 5.94. The maximum Gasteiger partial charge on any atom is 0.272 e. The van der Waals surface area contributed by atoms with Crippen LogP contribution in [0.5, 0.6) is 11.5 Å². The Balaban J connectivity index is 1.11. The molecule has 0 atom stereocenters. The second-order valence-corrected chi connectivity index (χ2v) is 10.8. The number of carbonyl (C=O) groups is 2. The maximum absolute atomic E-state index is 13.7. The van der Waals surface area contributed by atoms with Crippen molar-refractivity contribution in [1.29, 1.82) is 0 Å². The van der Waals surface area contributed by atoms with Gasteiger partial charge in [-0.2, -0.15) is 5.11 Å². The van der Waals surface area contributed by atoms with Gasteiger partial charge in [0.2, 0.25) is 0 Å². The number of pyridine rings is 1. The predicted molar refractivity (Wildman–Crippen MR) is 145 cm³/mol. The summed E-state index contributed by atoms with van der Waals surface area (Å²) >= 11 is 0. The standard InChI is InChI=1S/C30H29N5O4/c1-2-38-27-15-23(32-28-20(18-6-7-18)4-3-5-21(27)28)29(37)35-12-10-30(11-13-35)16-25(36)22-14-19(8-9-26(22)39-30)24-17-31-34-33-24/h3-5,8-9,14-15,18H,2,6-7,10-13,16-17H2,1H3. The number of benzene rings is 2. The van der Waals surface area contributed by atoms with Gasteiger partial charge in [0, 0.05) is 42.9 Å². The van der Waals surface area contributed by atoms with Crippen LogP contribution in [0.2, 0.25) is 0 Å². The lowest BCUT2D eigenvalue weighted by Gasteiger charge is -2.44. The van der Waals surface area contributed by atoms with Crippen molar-refractivity contribution < 1.29 is 19.1 Å². The first-order valence-corrected chi connectivity index (χ1v) is 13.7. The Kier molecular flexibility index (Phi) is 5.68. The van der Waals surface area contributed by atoms with Gasteiger partial charge in [-0.15, -0.1) is 5.10 Å². The molecule has 3 aliphatic heterocycles. The molecule has 1 aliphatic carbocycles. The lowest BCUT2D eigenvalue weighted by atomic mass is 9.82. The zero-order valence-corrected chi connectivity index (χ0v) is 21.9. The molecule has 0 radical (unpaired) electrons. The molecule has 3 aromatic rings. The Morgan fingerprint density at radius 2 is 2.00 bits per heavy atom. The minimum absolute atomic E-state index is 0.0514. The number of Topliss-reactive ketones (excluding diaryl/α,β-unsaturated/α-hetero) is 1. The van der Waals surface area contributed by atoms with Crippen LogP contribution in [-0.4, -0.2) is 59.1 Å². The molecule has 0 bridgehead atoms. The summed E-state index contributed by atoms with van der Waals surface area (Å²) < 4.78 is 12.4. The number of nitrogens with zero attached hydrogens (tertiary/aromatic N) is 5. The third-order valence-corrected chi connectivity index (χ3v) is 8.20. The molecule has 1 saturated heterocycles. The number of fused-ring (bicyclic) bond motifs is 2. The fourth-order valence-corrected chi connectivity index (χ4v) is 5.94. The van der Waals surface area contributed by atoms with Crippen LogP contribution < -0.4 is 9.47 Å². The lowest BCUT2D eigenvalue weighted by molar-refractivity contribution is -0.00585. The maximum atomic E-state index is 13.7. The summed E-state index contributed by atoms with van der Waals surface area (Å²) in [6, 6.07) is 13.5. The molecule has 39 heavy (non-hydrogen) atoms. The van der Waals surface area contributed by atoms with E-state index in [1.54, 1.807) is 6.07 Å². The number of likely N-dealkylation sites (tertiary alicyclic amines) is 1. The number of para-hydroxylation sites is 1. The molecule has 1 amide bonds. The number of ether oxygens (including phenoxy) is 2. The van der Waals surface area contributed by atoms with Crippen LogP contribution in [0.15, 0.2) is 57.9 Å². The van der Waals surface area contributed by atoms with Gasteiger partial charge in [-0.25, -0.2) is 4.98 Å². The zero-order valence-electron chi connectivity index (χ0n) is 21.9. The SMILES string of the molecule is CCOc1cc(C(=O)N2CCC3(CC2)CC(=O)c2cc(C4=NN=NC4)ccc2O3)nc2c(C3CC3)cccc12. The van der Waals surface area contributed by atoms with Crippen molar-refractivity contribution in [1.82, 2.24) is 9.88 Å². The van der Waals surface area contributed by atoms with E-state index in [9.17, 15) is 9.59 Å². The Morgan fingerprint density at radius 3 is 2.74 bits per heavy atom. The van der Waals surface area contributed by atoms with Crippen LogP contribution in [0.4, 0.5) is 0 Å². The normalized spacial score (nSPS) is 19.7. The van der Waals surface area contributed by atoms with E-state index in [1.165, 1.54) is 5.56 Å². The molecular formula is C30H29N5O4. The third-order valence-electron chi connectivity index (χ3n) is 8.20. The Hall–Kier alpha value is -4.14. The van der Waals surface area contributed by atoms with Gasteiger partial charge in [0.05, 0.1) is 29.8 Å². The molecule has 2 aromatic carbocycles. The van der Waals surface area contributed by atoms with E-state index < -0.39 is 5.60 Å². The average molecular weight is 524 g/mol. The summed E-state index contributed by atoms with van der Waals surface area (Å²) in [6.07, 6.45) is 3.76. The van der Waals surface area contributed by atoms with Gasteiger partial charge in [0.25, 0.3) is 5.91 Å². The van der Waals surface area contributed by atoms with E-state index in [1.807, 2.05) is 42.2 Å². The van der Waals surface area contributed by atoms with Crippen molar-refractivity contribution in [3.63, 3.8) is 0 Å². The lowest BCUT2D eigenvalue weighted by Crippen LogP contribution is -2.52. The Morgan fingerprint density at radius 1 is 1.15 bits per heavy atom. The molecule has 0 unspecified atom stereocenters. The molecule has 2 fully saturated rings. The molecule has 4 aliphatic rings.